The van der Waals surface area contributed by atoms with Gasteiger partial charge in [0, 0.05) is 5.56 Å². The van der Waals surface area contributed by atoms with E-state index in [0.29, 0.717) is 11.3 Å². The molecule has 0 saturated carbocycles. The van der Waals surface area contributed by atoms with Crippen LogP contribution in [0.2, 0.25) is 0 Å². The van der Waals surface area contributed by atoms with E-state index >= 15 is 0 Å². The zero-order valence-corrected chi connectivity index (χ0v) is 11.7. The summed E-state index contributed by atoms with van der Waals surface area (Å²) in [4.78, 5) is 16.2. The van der Waals surface area contributed by atoms with Crippen LogP contribution in [-0.2, 0) is 9.63 Å². The standard InChI is InChI=1S/C16H16N2O3/c1-12-6-5-7-13(10-12)16(17)18-21-15(19)11-20-14-8-3-2-4-9-14/h2-10H,11H2,1H3,(H2,17,18). The number of nitrogens with zero attached hydrogens (tertiary/aromatic N) is 1. The highest BCUT2D eigenvalue weighted by atomic mass is 16.7. The molecule has 0 spiro atoms. The lowest BCUT2D eigenvalue weighted by molar-refractivity contribution is -0.146. The Morgan fingerprint density at radius 2 is 1.90 bits per heavy atom. The van der Waals surface area contributed by atoms with E-state index in [1.54, 1.807) is 18.2 Å². The summed E-state index contributed by atoms with van der Waals surface area (Å²) in [5, 5.41) is 3.61. The molecule has 0 aliphatic rings. The van der Waals surface area contributed by atoms with E-state index in [2.05, 4.69) is 5.16 Å². The predicted octanol–water partition coefficient (Wildman–Crippen LogP) is 2.24. The van der Waals surface area contributed by atoms with Crippen LogP contribution in [0.1, 0.15) is 11.1 Å². The molecule has 2 N–H and O–H groups in total. The Labute approximate surface area is 123 Å². The third-order valence-corrected chi connectivity index (χ3v) is 2.66. The number of nitrogens with two attached hydrogens (primary N) is 1. The van der Waals surface area contributed by atoms with E-state index in [1.807, 2.05) is 43.3 Å². The van der Waals surface area contributed by atoms with E-state index < -0.39 is 5.97 Å². The molecule has 0 radical (unpaired) electrons. The van der Waals surface area contributed by atoms with Crippen LogP contribution in [0.5, 0.6) is 5.75 Å². The van der Waals surface area contributed by atoms with Gasteiger partial charge in [0.2, 0.25) is 0 Å². The maximum Gasteiger partial charge on any atom is 0.372 e. The van der Waals surface area contributed by atoms with E-state index in [0.717, 1.165) is 5.56 Å². The fourth-order valence-electron chi connectivity index (χ4n) is 1.64. The molecular weight excluding hydrogens is 268 g/mol. The normalized spacial score (nSPS) is 11.0. The van der Waals surface area contributed by atoms with Crippen molar-refractivity contribution in [1.29, 1.82) is 0 Å². The molecule has 0 heterocycles. The zero-order valence-electron chi connectivity index (χ0n) is 11.7. The first kappa shape index (κ1) is 14.6. The molecule has 0 aromatic heterocycles. The molecule has 2 aromatic rings. The summed E-state index contributed by atoms with van der Waals surface area (Å²) < 4.78 is 5.24. The number of carbonyl (C=O) groups is 1. The molecule has 0 atom stereocenters. The number of aryl methyl sites for hydroxylation is 1. The van der Waals surface area contributed by atoms with Crippen molar-refractivity contribution < 1.29 is 14.4 Å². The minimum Gasteiger partial charge on any atom is -0.482 e. The third-order valence-electron chi connectivity index (χ3n) is 2.66. The Hall–Kier alpha value is -2.82. The lowest BCUT2D eigenvalue weighted by Crippen LogP contribution is -2.18. The highest BCUT2D eigenvalue weighted by Gasteiger charge is 2.05. The van der Waals surface area contributed by atoms with E-state index in [4.69, 9.17) is 15.3 Å². The average Bonchev–Trinajstić information content (AvgIpc) is 2.51. The van der Waals surface area contributed by atoms with Crippen LogP contribution >= 0.6 is 0 Å². The van der Waals surface area contributed by atoms with Crippen LogP contribution in [-0.4, -0.2) is 18.4 Å². The van der Waals surface area contributed by atoms with Crippen molar-refractivity contribution in [2.45, 2.75) is 6.92 Å². The van der Waals surface area contributed by atoms with Crippen LogP contribution in [0.3, 0.4) is 0 Å². The molecule has 0 bridgehead atoms. The Kier molecular flexibility index (Phi) is 4.93. The molecule has 2 rings (SSSR count). The summed E-state index contributed by atoms with van der Waals surface area (Å²) in [5.41, 5.74) is 7.50. The Bertz CT molecular complexity index is 639. The topological polar surface area (TPSA) is 73.9 Å². The maximum absolute atomic E-state index is 11.5. The first-order valence-electron chi connectivity index (χ1n) is 6.43. The Morgan fingerprint density at radius 3 is 2.62 bits per heavy atom. The van der Waals surface area contributed by atoms with Crippen molar-refractivity contribution in [2.75, 3.05) is 6.61 Å². The monoisotopic (exact) mass is 284 g/mol. The molecule has 2 aromatic carbocycles. The maximum atomic E-state index is 11.5. The molecule has 0 fully saturated rings. The van der Waals surface area contributed by atoms with Gasteiger partial charge in [0.1, 0.15) is 5.75 Å². The van der Waals surface area contributed by atoms with Gasteiger partial charge in [-0.1, -0.05) is 47.1 Å². The van der Waals surface area contributed by atoms with Gasteiger partial charge in [-0.2, -0.15) is 0 Å². The quantitative estimate of drug-likeness (QED) is 0.395. The lowest BCUT2D eigenvalue weighted by Gasteiger charge is -2.04. The molecule has 108 valence electrons. The molecule has 0 aliphatic carbocycles. The van der Waals surface area contributed by atoms with Crippen LogP contribution in [0, 0.1) is 6.92 Å². The van der Waals surface area contributed by atoms with Crippen LogP contribution in [0.25, 0.3) is 0 Å². The van der Waals surface area contributed by atoms with Crippen LogP contribution in [0.4, 0.5) is 0 Å². The first-order chi connectivity index (χ1) is 10.1. The Balaban J connectivity index is 1.87. The third kappa shape index (κ3) is 4.65. The number of para-hydroxylation sites is 1. The fourth-order valence-corrected chi connectivity index (χ4v) is 1.64. The highest BCUT2D eigenvalue weighted by molar-refractivity contribution is 5.97. The second kappa shape index (κ2) is 7.09. The van der Waals surface area contributed by atoms with Crippen molar-refractivity contribution in [3.8, 4) is 5.75 Å². The molecule has 21 heavy (non-hydrogen) atoms. The van der Waals surface area contributed by atoms with Crippen molar-refractivity contribution in [2.24, 2.45) is 10.9 Å². The van der Waals surface area contributed by atoms with E-state index in [-0.39, 0.29) is 12.4 Å². The fraction of sp³-hybridized carbons (Fsp3) is 0.125. The number of ether oxygens (including phenoxy) is 1. The van der Waals surface area contributed by atoms with Gasteiger partial charge < -0.3 is 15.3 Å². The van der Waals surface area contributed by atoms with Gasteiger partial charge in [-0.15, -0.1) is 0 Å². The molecular formula is C16H16N2O3. The van der Waals surface area contributed by atoms with Crippen molar-refractivity contribution in [3.05, 3.63) is 65.7 Å². The number of oxime groups is 1. The Morgan fingerprint density at radius 1 is 1.14 bits per heavy atom. The molecule has 0 aliphatic heterocycles. The second-order valence-corrected chi connectivity index (χ2v) is 4.41. The van der Waals surface area contributed by atoms with Gasteiger partial charge in [-0.05, 0) is 25.1 Å². The largest absolute Gasteiger partial charge is 0.482 e. The predicted molar refractivity (Wildman–Crippen MR) is 79.9 cm³/mol. The van der Waals surface area contributed by atoms with Gasteiger partial charge in [0.25, 0.3) is 0 Å². The second-order valence-electron chi connectivity index (χ2n) is 4.41. The molecule has 0 saturated heterocycles. The number of amidine groups is 1. The number of hydrogen-bond acceptors (Lipinski definition) is 4. The van der Waals surface area contributed by atoms with Crippen molar-refractivity contribution in [3.63, 3.8) is 0 Å². The summed E-state index contributed by atoms with van der Waals surface area (Å²) in [6.45, 7) is 1.71. The summed E-state index contributed by atoms with van der Waals surface area (Å²) in [6, 6.07) is 16.4. The molecule has 0 unspecified atom stereocenters. The molecule has 5 heteroatoms. The number of carbonyl (C=O) groups excluding carboxylic acids is 1. The number of hydrogen-bond donors (Lipinski definition) is 1. The van der Waals surface area contributed by atoms with Crippen molar-refractivity contribution >= 4 is 11.8 Å². The van der Waals surface area contributed by atoms with Gasteiger partial charge in [-0.25, -0.2) is 4.79 Å². The first-order valence-corrected chi connectivity index (χ1v) is 6.43. The average molecular weight is 284 g/mol. The summed E-state index contributed by atoms with van der Waals surface area (Å²) in [6.07, 6.45) is 0. The number of benzene rings is 2. The zero-order chi connectivity index (χ0) is 15.1. The minimum atomic E-state index is -0.616. The van der Waals surface area contributed by atoms with Crippen LogP contribution < -0.4 is 10.5 Å². The minimum absolute atomic E-state index is 0.145. The highest BCUT2D eigenvalue weighted by Crippen LogP contribution is 2.08. The van der Waals surface area contributed by atoms with Gasteiger partial charge in [0.15, 0.2) is 12.4 Å². The molecule has 0 amide bonds. The van der Waals surface area contributed by atoms with E-state index in [9.17, 15) is 4.79 Å². The van der Waals surface area contributed by atoms with Gasteiger partial charge in [0.05, 0.1) is 0 Å². The van der Waals surface area contributed by atoms with E-state index in [1.165, 1.54) is 0 Å². The van der Waals surface area contributed by atoms with Gasteiger partial charge >= 0.3 is 5.97 Å². The molecule has 5 nitrogen and oxygen atoms in total. The van der Waals surface area contributed by atoms with Crippen molar-refractivity contribution in [1.82, 2.24) is 0 Å². The summed E-state index contributed by atoms with van der Waals surface area (Å²) >= 11 is 0. The SMILES string of the molecule is Cc1cccc(C(N)=NOC(=O)COc2ccccc2)c1. The smallest absolute Gasteiger partial charge is 0.372 e. The van der Waals surface area contributed by atoms with Crippen LogP contribution in [0.15, 0.2) is 59.8 Å². The van der Waals surface area contributed by atoms with Gasteiger partial charge in [-0.3, -0.25) is 0 Å². The summed E-state index contributed by atoms with van der Waals surface area (Å²) in [7, 11) is 0. The summed E-state index contributed by atoms with van der Waals surface area (Å²) in [5.74, 6) is 0.117. The number of rotatable bonds is 5. The lowest BCUT2D eigenvalue weighted by atomic mass is 10.1.